The number of methoxy groups -OCH3 is 1. The van der Waals surface area contributed by atoms with Crippen molar-refractivity contribution in [1.82, 2.24) is 14.9 Å². The number of amides is 1. The van der Waals surface area contributed by atoms with Crippen LogP contribution in [0.2, 0.25) is 0 Å². The summed E-state index contributed by atoms with van der Waals surface area (Å²) in [5, 5.41) is 0. The molecule has 2 aliphatic heterocycles. The van der Waals surface area contributed by atoms with E-state index in [2.05, 4.69) is 23.7 Å². The van der Waals surface area contributed by atoms with Crippen molar-refractivity contribution in [1.29, 1.82) is 0 Å². The molecule has 0 bridgehead atoms. The van der Waals surface area contributed by atoms with Crippen molar-refractivity contribution in [3.8, 4) is 0 Å². The third-order valence-electron chi connectivity index (χ3n) is 6.03. The fourth-order valence-corrected chi connectivity index (χ4v) is 4.34. The van der Waals surface area contributed by atoms with Crippen molar-refractivity contribution in [2.45, 2.75) is 39.5 Å². The minimum Gasteiger partial charge on any atom is -0.383 e. The second kappa shape index (κ2) is 8.00. The summed E-state index contributed by atoms with van der Waals surface area (Å²) in [6.07, 6.45) is 3.91. The lowest BCUT2D eigenvalue weighted by molar-refractivity contribution is -0.138. The van der Waals surface area contributed by atoms with Crippen molar-refractivity contribution in [3.05, 3.63) is 11.3 Å². The minimum absolute atomic E-state index is 0.156. The van der Waals surface area contributed by atoms with Crippen molar-refractivity contribution in [3.63, 3.8) is 0 Å². The Bertz CT molecular complexity index is 693. The lowest BCUT2D eigenvalue weighted by atomic mass is 9.73. The van der Waals surface area contributed by atoms with Gasteiger partial charge in [0.25, 0.3) is 0 Å². The number of aryl methyl sites for hydroxylation is 1. The molecule has 3 heterocycles. The molecule has 27 heavy (non-hydrogen) atoms. The Morgan fingerprint density at radius 3 is 2.67 bits per heavy atom. The lowest BCUT2D eigenvalue weighted by Crippen LogP contribution is -2.55. The molecule has 0 radical (unpaired) electrons. The number of nitrogens with zero attached hydrogens (tertiary/aromatic N) is 5. The highest BCUT2D eigenvalue weighted by atomic mass is 16.5. The SMILES string of the molecule is COCCN1CC2(CCCN(c3nc(N(C)C)nc(C)c3C)C2)CCC1=O. The molecule has 0 saturated carbocycles. The normalized spacial score (nSPS) is 23.2. The number of piperidine rings is 2. The summed E-state index contributed by atoms with van der Waals surface area (Å²) >= 11 is 0. The molecule has 0 N–H and O–H groups in total. The summed E-state index contributed by atoms with van der Waals surface area (Å²) < 4.78 is 5.20. The molecule has 1 unspecified atom stereocenters. The topological polar surface area (TPSA) is 61.8 Å². The number of carbonyl (C=O) groups excluding carboxylic acids is 1. The zero-order valence-electron chi connectivity index (χ0n) is 17.4. The maximum Gasteiger partial charge on any atom is 0.227 e. The van der Waals surface area contributed by atoms with Crippen LogP contribution in [0.5, 0.6) is 0 Å². The first kappa shape index (κ1) is 19.9. The van der Waals surface area contributed by atoms with Crippen molar-refractivity contribution in [2.75, 3.05) is 63.8 Å². The Kier molecular flexibility index (Phi) is 5.89. The van der Waals surface area contributed by atoms with E-state index in [-0.39, 0.29) is 11.3 Å². The Hall–Kier alpha value is -1.89. The van der Waals surface area contributed by atoms with Crippen LogP contribution >= 0.6 is 0 Å². The molecule has 150 valence electrons. The molecule has 2 aliphatic rings. The number of likely N-dealkylation sites (tertiary alicyclic amines) is 1. The molecular weight excluding hydrogens is 342 g/mol. The number of rotatable bonds is 5. The van der Waals surface area contributed by atoms with E-state index < -0.39 is 0 Å². The zero-order valence-corrected chi connectivity index (χ0v) is 17.4. The van der Waals surface area contributed by atoms with E-state index >= 15 is 0 Å². The van der Waals surface area contributed by atoms with Gasteiger partial charge in [-0.15, -0.1) is 0 Å². The number of ether oxygens (including phenoxy) is 1. The van der Waals surface area contributed by atoms with Crippen molar-refractivity contribution < 1.29 is 9.53 Å². The van der Waals surface area contributed by atoms with Gasteiger partial charge in [0, 0.05) is 70.5 Å². The highest BCUT2D eigenvalue weighted by molar-refractivity contribution is 5.77. The van der Waals surface area contributed by atoms with E-state index in [0.29, 0.717) is 19.6 Å². The summed E-state index contributed by atoms with van der Waals surface area (Å²) in [4.78, 5) is 28.2. The number of aromatic nitrogens is 2. The maximum atomic E-state index is 12.3. The van der Waals surface area contributed by atoms with E-state index in [0.717, 1.165) is 55.5 Å². The average Bonchev–Trinajstić information content (AvgIpc) is 2.64. The molecule has 0 aromatic carbocycles. The summed E-state index contributed by atoms with van der Waals surface area (Å²) in [6, 6.07) is 0. The second-order valence-electron chi connectivity index (χ2n) is 8.29. The van der Waals surface area contributed by atoms with E-state index in [9.17, 15) is 4.79 Å². The molecule has 0 aliphatic carbocycles. The van der Waals surface area contributed by atoms with Crippen LogP contribution in [0.25, 0.3) is 0 Å². The largest absolute Gasteiger partial charge is 0.383 e. The Balaban J connectivity index is 1.83. The maximum absolute atomic E-state index is 12.3. The molecule has 1 amide bonds. The summed E-state index contributed by atoms with van der Waals surface area (Å²) in [7, 11) is 5.65. The van der Waals surface area contributed by atoms with E-state index in [4.69, 9.17) is 9.72 Å². The summed E-state index contributed by atoms with van der Waals surface area (Å²) in [5.74, 6) is 2.07. The lowest BCUT2D eigenvalue weighted by Gasteiger charge is -2.48. The highest BCUT2D eigenvalue weighted by Crippen LogP contribution is 2.40. The predicted octanol–water partition coefficient (Wildman–Crippen LogP) is 2.01. The van der Waals surface area contributed by atoms with Gasteiger partial charge in [0.05, 0.1) is 6.61 Å². The van der Waals surface area contributed by atoms with Crippen LogP contribution in [0.3, 0.4) is 0 Å². The van der Waals surface area contributed by atoms with Gasteiger partial charge in [-0.1, -0.05) is 0 Å². The Morgan fingerprint density at radius 2 is 1.96 bits per heavy atom. The predicted molar refractivity (Wildman–Crippen MR) is 107 cm³/mol. The van der Waals surface area contributed by atoms with Crippen LogP contribution in [0, 0.1) is 19.3 Å². The second-order valence-corrected chi connectivity index (χ2v) is 8.29. The summed E-state index contributed by atoms with van der Waals surface area (Å²) in [6.45, 7) is 8.25. The van der Waals surface area contributed by atoms with Gasteiger partial charge in [-0.3, -0.25) is 4.79 Å². The smallest absolute Gasteiger partial charge is 0.227 e. The standard InChI is InChI=1S/C20H33N5O2/c1-15-16(2)21-19(23(3)4)22-18(15)25-10-6-8-20(14-25)9-7-17(26)24(13-20)11-12-27-5/h6-14H2,1-5H3. The van der Waals surface area contributed by atoms with Gasteiger partial charge >= 0.3 is 0 Å². The van der Waals surface area contributed by atoms with Crippen LogP contribution in [0.15, 0.2) is 0 Å². The molecule has 7 nitrogen and oxygen atoms in total. The van der Waals surface area contributed by atoms with Crippen LogP contribution in [-0.4, -0.2) is 74.8 Å². The number of carbonyl (C=O) groups is 1. The van der Waals surface area contributed by atoms with Crippen molar-refractivity contribution >= 4 is 17.7 Å². The minimum atomic E-state index is 0.156. The third-order valence-corrected chi connectivity index (χ3v) is 6.03. The third kappa shape index (κ3) is 4.18. The van der Waals surface area contributed by atoms with Crippen LogP contribution < -0.4 is 9.80 Å². The van der Waals surface area contributed by atoms with E-state index in [1.807, 2.05) is 23.9 Å². The molecule has 2 fully saturated rings. The van der Waals surface area contributed by atoms with Crippen LogP contribution in [0.4, 0.5) is 11.8 Å². The zero-order chi connectivity index (χ0) is 19.6. The number of hydrogen-bond donors (Lipinski definition) is 0. The van der Waals surface area contributed by atoms with Crippen LogP contribution in [-0.2, 0) is 9.53 Å². The molecule has 2 saturated heterocycles. The Morgan fingerprint density at radius 1 is 1.19 bits per heavy atom. The first-order valence-corrected chi connectivity index (χ1v) is 9.89. The van der Waals surface area contributed by atoms with Crippen LogP contribution in [0.1, 0.15) is 36.9 Å². The fraction of sp³-hybridized carbons (Fsp3) is 0.750. The first-order valence-electron chi connectivity index (χ1n) is 9.89. The van der Waals surface area contributed by atoms with Gasteiger partial charge in [-0.2, -0.15) is 4.98 Å². The van der Waals surface area contributed by atoms with Gasteiger partial charge in [-0.25, -0.2) is 4.98 Å². The Labute approximate surface area is 162 Å². The molecule has 1 spiro atoms. The van der Waals surface area contributed by atoms with Gasteiger partial charge in [0.2, 0.25) is 11.9 Å². The molecular formula is C20H33N5O2. The number of anilines is 2. The fourth-order valence-electron chi connectivity index (χ4n) is 4.34. The van der Waals surface area contributed by atoms with Gasteiger partial charge in [-0.05, 0) is 33.1 Å². The molecule has 1 aromatic rings. The van der Waals surface area contributed by atoms with Crippen molar-refractivity contribution in [2.24, 2.45) is 5.41 Å². The molecule has 1 aromatic heterocycles. The van der Waals surface area contributed by atoms with E-state index in [1.54, 1.807) is 7.11 Å². The van der Waals surface area contributed by atoms with Gasteiger partial charge in [0.15, 0.2) is 0 Å². The highest BCUT2D eigenvalue weighted by Gasteiger charge is 2.42. The molecule has 3 rings (SSSR count). The quantitative estimate of drug-likeness (QED) is 0.785. The first-order chi connectivity index (χ1) is 12.8. The average molecular weight is 376 g/mol. The van der Waals surface area contributed by atoms with Gasteiger partial charge < -0.3 is 19.4 Å². The summed E-state index contributed by atoms with van der Waals surface area (Å²) in [5.41, 5.74) is 2.34. The number of hydrogen-bond acceptors (Lipinski definition) is 6. The van der Waals surface area contributed by atoms with E-state index in [1.165, 1.54) is 6.42 Å². The molecule has 1 atom stereocenters. The van der Waals surface area contributed by atoms with Gasteiger partial charge in [0.1, 0.15) is 5.82 Å². The molecule has 7 heteroatoms. The monoisotopic (exact) mass is 375 g/mol.